The summed E-state index contributed by atoms with van der Waals surface area (Å²) in [6.45, 7) is 0. The van der Waals surface area contributed by atoms with Crippen molar-refractivity contribution in [3.63, 3.8) is 0 Å². The SMILES string of the molecule is c1ccc(C2(c3ccccc3)c3ccccc3-c3cccc(-c4ccc5c6ccccc6n(-c6ccc7c8ccccc8n(-c8ccc([Si](c9ccccc9)(c9ccccc9)c9ccccc9)cc8)c7c6)c5c4)c32)cc1. The molecule has 0 radical (unpaired) electrons. The predicted molar refractivity (Wildman–Crippen MR) is 321 cm³/mol. The number of aromatic nitrogens is 2. The van der Waals surface area contributed by atoms with Gasteiger partial charge in [0, 0.05) is 32.9 Å². The summed E-state index contributed by atoms with van der Waals surface area (Å²) in [4.78, 5) is 0. The van der Waals surface area contributed by atoms with Gasteiger partial charge in [-0.05, 0) is 108 Å². The quantitative estimate of drug-likeness (QED) is 0.101. The monoisotopic (exact) mass is 982 g/mol. The van der Waals surface area contributed by atoms with Crippen molar-refractivity contribution in [1.82, 2.24) is 9.13 Å². The highest BCUT2D eigenvalue weighted by atomic mass is 28.3. The topological polar surface area (TPSA) is 9.86 Å². The van der Waals surface area contributed by atoms with Gasteiger partial charge in [-0.1, -0.05) is 261 Å². The van der Waals surface area contributed by atoms with Gasteiger partial charge >= 0.3 is 0 Å². The Morgan fingerprint density at radius 3 is 1.25 bits per heavy atom. The Morgan fingerprint density at radius 1 is 0.263 bits per heavy atom. The first-order valence-corrected chi connectivity index (χ1v) is 28.4. The van der Waals surface area contributed by atoms with E-state index >= 15 is 0 Å². The zero-order chi connectivity index (χ0) is 50.2. The highest BCUT2D eigenvalue weighted by Crippen LogP contribution is 2.58. The molecule has 14 aromatic rings. The summed E-state index contributed by atoms with van der Waals surface area (Å²) in [7, 11) is -2.72. The molecule has 0 N–H and O–H groups in total. The maximum atomic E-state index is 2.50. The van der Waals surface area contributed by atoms with Gasteiger partial charge in [0.15, 0.2) is 8.07 Å². The number of benzene rings is 12. The molecule has 12 aromatic carbocycles. The Labute approximate surface area is 443 Å². The fourth-order valence-electron chi connectivity index (χ4n) is 13.5. The third-order valence-electron chi connectivity index (χ3n) is 16.6. The second kappa shape index (κ2) is 17.6. The average Bonchev–Trinajstić information content (AvgIpc) is 4.17. The Hall–Kier alpha value is -9.54. The molecule has 76 heavy (non-hydrogen) atoms. The van der Waals surface area contributed by atoms with E-state index in [2.05, 4.69) is 312 Å². The molecule has 356 valence electrons. The van der Waals surface area contributed by atoms with E-state index in [1.54, 1.807) is 0 Å². The molecule has 0 bridgehead atoms. The molecule has 0 amide bonds. The van der Waals surface area contributed by atoms with Crippen molar-refractivity contribution < 1.29 is 0 Å². The molecular weight excluding hydrogens is 933 g/mol. The maximum Gasteiger partial charge on any atom is 0.179 e. The average molecular weight is 983 g/mol. The normalized spacial score (nSPS) is 12.8. The van der Waals surface area contributed by atoms with E-state index in [4.69, 9.17) is 0 Å². The summed E-state index contributed by atoms with van der Waals surface area (Å²) in [5.41, 5.74) is 16.6. The summed E-state index contributed by atoms with van der Waals surface area (Å²) in [5.74, 6) is 0. The van der Waals surface area contributed by atoms with Crippen LogP contribution in [0.4, 0.5) is 0 Å². The van der Waals surface area contributed by atoms with E-state index in [-0.39, 0.29) is 0 Å². The van der Waals surface area contributed by atoms with Crippen LogP contribution in [-0.2, 0) is 5.41 Å². The molecule has 0 unspecified atom stereocenters. The summed E-state index contributed by atoms with van der Waals surface area (Å²) < 4.78 is 4.98. The Balaban J connectivity index is 0.934. The maximum absolute atomic E-state index is 2.72. The molecule has 1 aliphatic carbocycles. The standard InChI is InChI=1S/C73H50N2Si/c1-6-23-52(24-7-1)73(53-25-8-2-9-26-53)67-38-19-16-33-61(67)66-37-22-36-60(72(66)73)51-41-47-64-62-34-18-21-40-69(62)75(70(64)49-51)55-44-48-65-63-35-17-20-39-68(63)74(71(65)50-55)54-42-45-59(46-43-54)76(56-27-10-3-11-28-56,57-29-12-4-13-30-57)58-31-14-5-15-32-58/h1-50H. The first kappa shape index (κ1) is 44.0. The lowest BCUT2D eigenvalue weighted by molar-refractivity contribution is 0.770. The van der Waals surface area contributed by atoms with Crippen molar-refractivity contribution in [3.8, 4) is 33.6 Å². The van der Waals surface area contributed by atoms with Gasteiger partial charge in [0.05, 0.1) is 27.5 Å². The first-order chi connectivity index (χ1) is 37.7. The van der Waals surface area contributed by atoms with Crippen LogP contribution in [0.15, 0.2) is 303 Å². The third kappa shape index (κ3) is 6.40. The van der Waals surface area contributed by atoms with E-state index in [1.807, 2.05) is 0 Å². The minimum Gasteiger partial charge on any atom is -0.309 e. The summed E-state index contributed by atoms with van der Waals surface area (Å²) in [6.07, 6.45) is 0. The van der Waals surface area contributed by atoms with E-state index in [0.29, 0.717) is 0 Å². The number of hydrogen-bond acceptors (Lipinski definition) is 0. The molecule has 0 saturated heterocycles. The number of rotatable bonds is 9. The fourth-order valence-corrected chi connectivity index (χ4v) is 18.2. The van der Waals surface area contributed by atoms with Gasteiger partial charge < -0.3 is 9.13 Å². The lowest BCUT2D eigenvalue weighted by atomic mass is 9.66. The van der Waals surface area contributed by atoms with Crippen molar-refractivity contribution in [2.75, 3.05) is 0 Å². The van der Waals surface area contributed by atoms with Crippen LogP contribution >= 0.6 is 0 Å². The Kier molecular flexibility index (Phi) is 10.2. The third-order valence-corrected chi connectivity index (χ3v) is 21.4. The van der Waals surface area contributed by atoms with Crippen molar-refractivity contribution in [1.29, 1.82) is 0 Å². The van der Waals surface area contributed by atoms with Gasteiger partial charge in [-0.25, -0.2) is 0 Å². The van der Waals surface area contributed by atoms with Crippen LogP contribution in [-0.4, -0.2) is 17.2 Å². The van der Waals surface area contributed by atoms with Crippen molar-refractivity contribution in [2.24, 2.45) is 0 Å². The number of para-hydroxylation sites is 2. The van der Waals surface area contributed by atoms with Gasteiger partial charge in [0.25, 0.3) is 0 Å². The largest absolute Gasteiger partial charge is 0.309 e. The van der Waals surface area contributed by atoms with Crippen LogP contribution in [0.1, 0.15) is 22.3 Å². The van der Waals surface area contributed by atoms with E-state index in [0.717, 1.165) is 11.4 Å². The van der Waals surface area contributed by atoms with Crippen LogP contribution in [0.3, 0.4) is 0 Å². The van der Waals surface area contributed by atoms with Crippen LogP contribution in [0, 0.1) is 0 Å². The Morgan fingerprint density at radius 2 is 0.671 bits per heavy atom. The molecule has 2 heterocycles. The second-order valence-electron chi connectivity index (χ2n) is 20.3. The number of hydrogen-bond donors (Lipinski definition) is 0. The van der Waals surface area contributed by atoms with E-state index < -0.39 is 13.5 Å². The molecule has 1 aliphatic rings. The predicted octanol–water partition coefficient (Wildman–Crippen LogP) is 15.3. The molecule has 0 atom stereocenters. The summed E-state index contributed by atoms with van der Waals surface area (Å²) >= 11 is 0. The highest BCUT2D eigenvalue weighted by Gasteiger charge is 2.47. The second-order valence-corrected chi connectivity index (χ2v) is 24.1. The van der Waals surface area contributed by atoms with Gasteiger partial charge in [0.2, 0.25) is 0 Å². The van der Waals surface area contributed by atoms with Gasteiger partial charge in [-0.2, -0.15) is 0 Å². The van der Waals surface area contributed by atoms with Crippen molar-refractivity contribution in [3.05, 3.63) is 326 Å². The van der Waals surface area contributed by atoms with Gasteiger partial charge in [0.1, 0.15) is 0 Å². The summed E-state index contributed by atoms with van der Waals surface area (Å²) in [5, 5.41) is 10.4. The van der Waals surface area contributed by atoms with Crippen molar-refractivity contribution >= 4 is 72.4 Å². The number of nitrogens with zero attached hydrogens (tertiary/aromatic N) is 2. The van der Waals surface area contributed by atoms with Crippen LogP contribution < -0.4 is 20.7 Å². The van der Waals surface area contributed by atoms with Gasteiger partial charge in [-0.15, -0.1) is 0 Å². The molecule has 15 rings (SSSR count). The molecule has 2 aromatic heterocycles. The fraction of sp³-hybridized carbons (Fsp3) is 0.0137. The van der Waals surface area contributed by atoms with Crippen molar-refractivity contribution in [2.45, 2.75) is 5.41 Å². The zero-order valence-electron chi connectivity index (χ0n) is 41.8. The highest BCUT2D eigenvalue weighted by molar-refractivity contribution is 7.19. The zero-order valence-corrected chi connectivity index (χ0v) is 42.8. The molecule has 0 saturated carbocycles. The van der Waals surface area contributed by atoms with Crippen LogP contribution in [0.2, 0.25) is 0 Å². The molecule has 2 nitrogen and oxygen atoms in total. The summed E-state index contributed by atoms with van der Waals surface area (Å²) in [6, 6.07) is 113. The molecular formula is C73H50N2Si. The smallest absolute Gasteiger partial charge is 0.179 e. The van der Waals surface area contributed by atoms with E-state index in [1.165, 1.54) is 109 Å². The lowest BCUT2D eigenvalue weighted by Crippen LogP contribution is -2.74. The molecule has 0 fully saturated rings. The lowest BCUT2D eigenvalue weighted by Gasteiger charge is -2.35. The minimum atomic E-state index is -2.72. The molecule has 0 spiro atoms. The first-order valence-electron chi connectivity index (χ1n) is 26.4. The Bertz CT molecular complexity index is 4350. The van der Waals surface area contributed by atoms with Crippen LogP contribution in [0.25, 0.3) is 77.2 Å². The van der Waals surface area contributed by atoms with Crippen LogP contribution in [0.5, 0.6) is 0 Å². The molecule has 0 aliphatic heterocycles. The number of fused-ring (bicyclic) bond motifs is 9. The minimum absolute atomic E-state index is 0.530. The van der Waals surface area contributed by atoms with Gasteiger partial charge in [-0.3, -0.25) is 0 Å². The molecule has 3 heteroatoms. The van der Waals surface area contributed by atoms with E-state index in [9.17, 15) is 0 Å².